The van der Waals surface area contributed by atoms with Gasteiger partial charge in [0.15, 0.2) is 6.10 Å². The van der Waals surface area contributed by atoms with Crippen molar-refractivity contribution in [1.29, 1.82) is 0 Å². The van der Waals surface area contributed by atoms with Crippen LogP contribution >= 0.6 is 7.82 Å². The van der Waals surface area contributed by atoms with Gasteiger partial charge in [0, 0.05) is 19.4 Å². The third-order valence-electron chi connectivity index (χ3n) is 13.9. The maximum atomic E-state index is 12.7. The van der Waals surface area contributed by atoms with E-state index in [4.69, 9.17) is 24.3 Å². The molecule has 0 aromatic rings. The number of ether oxygens (including phenoxy) is 2. The second-order valence-corrected chi connectivity index (χ2v) is 22.7. The Hall–Kier alpha value is -2.29. The van der Waals surface area contributed by atoms with E-state index in [9.17, 15) is 19.0 Å². The van der Waals surface area contributed by atoms with Gasteiger partial charge in [-0.25, -0.2) is 4.57 Å². The molecule has 2 atom stereocenters. The average molecular weight is 1070 g/mol. The Kier molecular flexibility index (Phi) is 59.1. The SMILES string of the molecule is CC/C=C\C/C=C\C/C=C\C/C=C\C/C=C\CCCCCCCCCCCCCCCC(=O)OC(COC(=O)CCCCCCCCCCCCCCCCCCCCCCCCCCC)COP(=O)(O)OCCN. The summed E-state index contributed by atoms with van der Waals surface area (Å²) in [4.78, 5) is 35.3. The number of nitrogens with two attached hydrogens (primary N) is 1. The number of phosphoric acid groups is 1. The van der Waals surface area contributed by atoms with Gasteiger partial charge < -0.3 is 20.1 Å². The number of allylic oxidation sites excluding steroid dienone is 10. The highest BCUT2D eigenvalue weighted by Crippen LogP contribution is 2.43. The fraction of sp³-hybridized carbons (Fsp3) is 0.815. The van der Waals surface area contributed by atoms with Crippen LogP contribution in [0.2, 0.25) is 0 Å². The summed E-state index contributed by atoms with van der Waals surface area (Å²) in [5.41, 5.74) is 5.39. The van der Waals surface area contributed by atoms with Crippen LogP contribution in [0.5, 0.6) is 0 Å². The van der Waals surface area contributed by atoms with Crippen LogP contribution in [0.3, 0.4) is 0 Å². The highest BCUT2D eigenvalue weighted by Gasteiger charge is 2.26. The Bertz CT molecular complexity index is 1410. The van der Waals surface area contributed by atoms with Crippen LogP contribution in [0.1, 0.15) is 309 Å². The van der Waals surface area contributed by atoms with E-state index in [0.717, 1.165) is 70.6 Å². The molecule has 0 bridgehead atoms. The van der Waals surface area contributed by atoms with E-state index in [-0.39, 0.29) is 38.6 Å². The molecule has 0 aromatic heterocycles. The first-order chi connectivity index (χ1) is 36.8. The van der Waals surface area contributed by atoms with E-state index in [1.165, 1.54) is 205 Å². The predicted molar refractivity (Wildman–Crippen MR) is 321 cm³/mol. The van der Waals surface area contributed by atoms with Crippen LogP contribution in [0.25, 0.3) is 0 Å². The Morgan fingerprint density at radius 1 is 0.413 bits per heavy atom. The smallest absolute Gasteiger partial charge is 0.462 e. The summed E-state index contributed by atoms with van der Waals surface area (Å²) in [5, 5.41) is 0. The van der Waals surface area contributed by atoms with Crippen LogP contribution in [0.15, 0.2) is 60.8 Å². The molecule has 0 aliphatic carbocycles. The van der Waals surface area contributed by atoms with Crippen molar-refractivity contribution < 1.29 is 37.6 Å². The van der Waals surface area contributed by atoms with Gasteiger partial charge in [-0.05, 0) is 57.8 Å². The maximum Gasteiger partial charge on any atom is 0.472 e. The van der Waals surface area contributed by atoms with Gasteiger partial charge in [-0.1, -0.05) is 299 Å². The van der Waals surface area contributed by atoms with Crippen LogP contribution in [-0.2, 0) is 32.7 Å². The van der Waals surface area contributed by atoms with Gasteiger partial charge in [0.1, 0.15) is 6.61 Å². The first kappa shape index (κ1) is 72.7. The molecule has 0 saturated carbocycles. The van der Waals surface area contributed by atoms with Gasteiger partial charge in [-0.3, -0.25) is 18.6 Å². The minimum absolute atomic E-state index is 0.0535. The van der Waals surface area contributed by atoms with Gasteiger partial charge in [-0.2, -0.15) is 0 Å². The van der Waals surface area contributed by atoms with Crippen molar-refractivity contribution in [3.8, 4) is 0 Å². The Morgan fingerprint density at radius 3 is 1.09 bits per heavy atom. The lowest BCUT2D eigenvalue weighted by atomic mass is 10.0. The molecule has 0 aliphatic heterocycles. The molecular weight excluding hydrogens is 954 g/mol. The van der Waals surface area contributed by atoms with Crippen LogP contribution in [-0.4, -0.2) is 49.3 Å². The zero-order valence-electron chi connectivity index (χ0n) is 49.0. The number of phosphoric ester groups is 1. The first-order valence-corrected chi connectivity index (χ1v) is 33.3. The predicted octanol–water partition coefficient (Wildman–Crippen LogP) is 20.3. The number of unbranched alkanes of at least 4 members (excludes halogenated alkanes) is 37. The molecule has 0 spiro atoms. The molecule has 0 rings (SSSR count). The fourth-order valence-corrected chi connectivity index (χ4v) is 10.0. The number of carbonyl (C=O) groups is 2. The second kappa shape index (κ2) is 60.9. The molecule has 3 N–H and O–H groups in total. The normalized spacial score (nSPS) is 13.4. The third kappa shape index (κ3) is 60.8. The standard InChI is InChI=1S/C65H120NO8P/c1-3-5-7-9-11-13-15-17-19-21-23-25-27-29-30-31-32-34-36-38-40-42-44-46-48-50-52-54-56-58-65(68)74-63(62-73-75(69,70)72-60-59-66)61-71-64(67)57-55-53-51-49-47-45-43-41-39-37-35-33-28-26-24-22-20-18-16-14-12-10-8-6-4-2/h5,7,11,13,17,19,23,25,29-30,63H,3-4,6,8-10,12,14-16,18,20-22,24,26-28,31-62,66H2,1-2H3,(H,69,70)/b7-5-,13-11-,19-17-,25-23-,30-29-. The monoisotopic (exact) mass is 1070 g/mol. The maximum absolute atomic E-state index is 12.7. The minimum atomic E-state index is -4.39. The van der Waals surface area contributed by atoms with Gasteiger partial charge in [-0.15, -0.1) is 0 Å². The van der Waals surface area contributed by atoms with Gasteiger partial charge >= 0.3 is 19.8 Å². The number of hydrogen-bond acceptors (Lipinski definition) is 8. The van der Waals surface area contributed by atoms with E-state index in [0.29, 0.717) is 6.42 Å². The summed E-state index contributed by atoms with van der Waals surface area (Å²) in [6, 6.07) is 0. The number of carbonyl (C=O) groups excluding carboxylic acids is 2. The summed E-state index contributed by atoms with van der Waals surface area (Å²) in [7, 11) is -4.39. The summed E-state index contributed by atoms with van der Waals surface area (Å²) in [6.45, 7) is 3.68. The van der Waals surface area contributed by atoms with Crippen molar-refractivity contribution in [2.45, 2.75) is 315 Å². The Labute approximate surface area is 463 Å². The molecule has 0 aliphatic rings. The van der Waals surface area contributed by atoms with Crippen molar-refractivity contribution in [2.75, 3.05) is 26.4 Å². The van der Waals surface area contributed by atoms with Crippen molar-refractivity contribution in [3.63, 3.8) is 0 Å². The van der Waals surface area contributed by atoms with Gasteiger partial charge in [0.05, 0.1) is 13.2 Å². The lowest BCUT2D eigenvalue weighted by Crippen LogP contribution is -2.29. The second-order valence-electron chi connectivity index (χ2n) is 21.3. The summed E-state index contributed by atoms with van der Waals surface area (Å²) >= 11 is 0. The van der Waals surface area contributed by atoms with Crippen molar-refractivity contribution in [2.24, 2.45) is 5.73 Å². The molecule has 0 aromatic carbocycles. The summed E-state index contributed by atoms with van der Waals surface area (Å²) in [6.07, 6.45) is 77.2. The fourth-order valence-electron chi connectivity index (χ4n) is 9.25. The first-order valence-electron chi connectivity index (χ1n) is 31.8. The number of hydrogen-bond donors (Lipinski definition) is 2. The molecule has 75 heavy (non-hydrogen) atoms. The minimum Gasteiger partial charge on any atom is -0.462 e. The van der Waals surface area contributed by atoms with E-state index in [1.54, 1.807) is 0 Å². The molecular formula is C65H120NO8P. The van der Waals surface area contributed by atoms with Crippen LogP contribution < -0.4 is 5.73 Å². The van der Waals surface area contributed by atoms with Crippen LogP contribution in [0.4, 0.5) is 0 Å². The quantitative estimate of drug-likeness (QED) is 0.0264. The molecule has 0 amide bonds. The lowest BCUT2D eigenvalue weighted by molar-refractivity contribution is -0.161. The van der Waals surface area contributed by atoms with E-state index < -0.39 is 26.5 Å². The molecule has 10 heteroatoms. The zero-order valence-corrected chi connectivity index (χ0v) is 49.9. The van der Waals surface area contributed by atoms with E-state index in [2.05, 4.69) is 74.6 Å². The van der Waals surface area contributed by atoms with E-state index >= 15 is 0 Å². The molecule has 0 heterocycles. The number of rotatable bonds is 60. The Balaban J connectivity index is 3.91. The van der Waals surface area contributed by atoms with Gasteiger partial charge in [0.2, 0.25) is 0 Å². The van der Waals surface area contributed by atoms with E-state index in [1.807, 2.05) is 0 Å². The third-order valence-corrected chi connectivity index (χ3v) is 14.9. The molecule has 0 saturated heterocycles. The molecule has 9 nitrogen and oxygen atoms in total. The largest absolute Gasteiger partial charge is 0.472 e. The summed E-state index contributed by atoms with van der Waals surface area (Å²) < 4.78 is 33.1. The topological polar surface area (TPSA) is 134 Å². The Morgan fingerprint density at radius 2 is 0.733 bits per heavy atom. The molecule has 2 unspecified atom stereocenters. The highest BCUT2D eigenvalue weighted by atomic mass is 31.2. The molecule has 0 fully saturated rings. The van der Waals surface area contributed by atoms with Crippen LogP contribution in [0, 0.1) is 0 Å². The highest BCUT2D eigenvalue weighted by molar-refractivity contribution is 7.47. The van der Waals surface area contributed by atoms with Crippen molar-refractivity contribution in [3.05, 3.63) is 60.8 Å². The molecule has 0 radical (unpaired) electrons. The zero-order chi connectivity index (χ0) is 54.5. The summed E-state index contributed by atoms with van der Waals surface area (Å²) in [5.74, 6) is -0.815. The van der Waals surface area contributed by atoms with Crippen molar-refractivity contribution in [1.82, 2.24) is 0 Å². The van der Waals surface area contributed by atoms with Crippen molar-refractivity contribution >= 4 is 19.8 Å². The number of esters is 2. The lowest BCUT2D eigenvalue weighted by Gasteiger charge is -2.19. The van der Waals surface area contributed by atoms with Gasteiger partial charge in [0.25, 0.3) is 0 Å². The average Bonchev–Trinajstić information content (AvgIpc) is 3.40. The molecule has 438 valence electrons.